The van der Waals surface area contributed by atoms with Crippen molar-refractivity contribution in [1.29, 1.82) is 0 Å². The first-order valence-corrected chi connectivity index (χ1v) is 10.0. The summed E-state index contributed by atoms with van der Waals surface area (Å²) in [5.41, 5.74) is 6.73. The molecule has 0 bridgehead atoms. The van der Waals surface area contributed by atoms with Crippen LogP contribution in [0, 0.1) is 0 Å². The number of nitrogens with one attached hydrogen (secondary N) is 1. The van der Waals surface area contributed by atoms with Gasteiger partial charge < -0.3 is 20.4 Å². The minimum absolute atomic E-state index is 0.0429. The number of nitrogens with two attached hydrogens (primary N) is 1. The minimum Gasteiger partial charge on any atom is -0.441 e. The molecule has 156 valence electrons. The van der Waals surface area contributed by atoms with Gasteiger partial charge in [0, 0.05) is 31.7 Å². The van der Waals surface area contributed by atoms with Crippen LogP contribution in [-0.4, -0.2) is 44.1 Å². The number of imidazole rings is 1. The molecule has 0 spiro atoms. The smallest absolute Gasteiger partial charge is 0.332 e. The summed E-state index contributed by atoms with van der Waals surface area (Å²) in [6.45, 7) is 1.87. The molecule has 3 aromatic rings. The second kappa shape index (κ2) is 7.13. The Hall–Kier alpha value is -3.40. The number of hydrogen-bond acceptors (Lipinski definition) is 7. The van der Waals surface area contributed by atoms with E-state index in [0.717, 1.165) is 29.5 Å². The van der Waals surface area contributed by atoms with E-state index in [1.165, 1.54) is 4.57 Å². The van der Waals surface area contributed by atoms with Crippen LogP contribution in [0.15, 0.2) is 38.8 Å². The van der Waals surface area contributed by atoms with E-state index < -0.39 is 11.2 Å². The second-order valence-corrected chi connectivity index (χ2v) is 7.76. The molecule has 3 N–H and O–H groups in total. The summed E-state index contributed by atoms with van der Waals surface area (Å²) < 4.78 is 8.30. The van der Waals surface area contributed by atoms with Gasteiger partial charge in [-0.3, -0.25) is 9.36 Å². The van der Waals surface area contributed by atoms with Gasteiger partial charge in [0.2, 0.25) is 11.8 Å². The number of ether oxygens (including phenoxy) is 1. The molecule has 0 amide bonds. The first kappa shape index (κ1) is 18.6. The second-order valence-electron chi connectivity index (χ2n) is 7.76. The van der Waals surface area contributed by atoms with Crippen molar-refractivity contribution in [3.05, 3.63) is 50.7 Å². The summed E-state index contributed by atoms with van der Waals surface area (Å²) in [6.07, 6.45) is 1.92. The van der Waals surface area contributed by atoms with Gasteiger partial charge in [-0.15, -0.1) is 0 Å². The zero-order chi connectivity index (χ0) is 20.8. The molecule has 1 unspecified atom stereocenters. The molecule has 2 aromatic heterocycles. The average Bonchev–Trinajstić information content (AvgIpc) is 3.21. The lowest BCUT2D eigenvalue weighted by Gasteiger charge is -2.30. The summed E-state index contributed by atoms with van der Waals surface area (Å²) in [5.74, 6) is 1.58. The maximum Gasteiger partial charge on any atom is 0.332 e. The van der Waals surface area contributed by atoms with Crippen LogP contribution < -0.4 is 26.6 Å². The third kappa shape index (κ3) is 3.09. The zero-order valence-corrected chi connectivity index (χ0v) is 16.7. The highest BCUT2D eigenvalue weighted by Crippen LogP contribution is 2.23. The van der Waals surface area contributed by atoms with Gasteiger partial charge in [0.1, 0.15) is 12.3 Å². The number of anilines is 1. The molecule has 10 heteroatoms. The molecule has 1 aromatic carbocycles. The number of piperidine rings is 1. The monoisotopic (exact) mass is 409 g/mol. The van der Waals surface area contributed by atoms with Crippen molar-refractivity contribution in [2.24, 2.45) is 17.8 Å². The number of aromatic nitrogens is 4. The lowest BCUT2D eigenvalue weighted by molar-refractivity contribution is 0.487. The molecule has 4 heterocycles. The Bertz CT molecular complexity index is 1270. The van der Waals surface area contributed by atoms with Crippen molar-refractivity contribution in [3.63, 3.8) is 0 Å². The van der Waals surface area contributed by atoms with Crippen LogP contribution in [0.3, 0.4) is 0 Å². The molecule has 1 saturated heterocycles. The van der Waals surface area contributed by atoms with Crippen LogP contribution >= 0.6 is 0 Å². The van der Waals surface area contributed by atoms with E-state index in [1.807, 2.05) is 29.2 Å². The van der Waals surface area contributed by atoms with Gasteiger partial charge in [0.25, 0.3) is 5.56 Å². The van der Waals surface area contributed by atoms with Crippen molar-refractivity contribution in [3.8, 4) is 5.75 Å². The minimum atomic E-state index is -0.467. The highest BCUT2D eigenvalue weighted by atomic mass is 16.5. The lowest BCUT2D eigenvalue weighted by atomic mass is 10.1. The fourth-order valence-electron chi connectivity index (χ4n) is 4.01. The Morgan fingerprint density at radius 1 is 1.30 bits per heavy atom. The number of hydrogen-bond donors (Lipinski definition) is 2. The molecule has 30 heavy (non-hydrogen) atoms. The van der Waals surface area contributed by atoms with Crippen molar-refractivity contribution < 1.29 is 4.74 Å². The van der Waals surface area contributed by atoms with Gasteiger partial charge in [0.15, 0.2) is 11.2 Å². The molecule has 2 aliphatic heterocycles. The molecule has 0 radical (unpaired) electrons. The fourth-order valence-corrected chi connectivity index (χ4v) is 4.01. The highest BCUT2D eigenvalue weighted by molar-refractivity contribution is 5.80. The summed E-state index contributed by atoms with van der Waals surface area (Å²) in [5, 5.41) is 0. The van der Waals surface area contributed by atoms with E-state index in [0.29, 0.717) is 36.3 Å². The molecule has 0 aliphatic carbocycles. The molecule has 10 nitrogen and oxygen atoms in total. The van der Waals surface area contributed by atoms with Crippen LogP contribution in [0.4, 0.5) is 5.95 Å². The number of nitrogens with zero attached hydrogens (tertiary/aromatic N) is 5. The van der Waals surface area contributed by atoms with Crippen LogP contribution in [-0.2, 0) is 20.1 Å². The maximum absolute atomic E-state index is 13.1. The number of rotatable bonds is 3. The van der Waals surface area contributed by atoms with E-state index in [2.05, 4.69) is 15.0 Å². The van der Waals surface area contributed by atoms with Gasteiger partial charge in [-0.25, -0.2) is 14.4 Å². The first-order valence-electron chi connectivity index (χ1n) is 10.0. The Morgan fingerprint density at radius 3 is 2.97 bits per heavy atom. The van der Waals surface area contributed by atoms with Crippen molar-refractivity contribution in [2.45, 2.75) is 32.0 Å². The normalized spacial score (nSPS) is 18.8. The Kier molecular flexibility index (Phi) is 4.43. The summed E-state index contributed by atoms with van der Waals surface area (Å²) in [4.78, 5) is 40.0. The molecule has 0 saturated carbocycles. The van der Waals surface area contributed by atoms with Gasteiger partial charge in [-0.1, -0.05) is 18.2 Å². The first-order chi connectivity index (χ1) is 14.5. The maximum atomic E-state index is 13.1. The van der Waals surface area contributed by atoms with Crippen LogP contribution in [0.5, 0.6) is 5.75 Å². The van der Waals surface area contributed by atoms with Gasteiger partial charge in [0.05, 0.1) is 6.54 Å². The van der Waals surface area contributed by atoms with E-state index in [-0.39, 0.29) is 18.1 Å². The van der Waals surface area contributed by atoms with Crippen LogP contribution in [0.1, 0.15) is 18.4 Å². The predicted molar refractivity (Wildman–Crippen MR) is 113 cm³/mol. The Balaban J connectivity index is 1.51. The quantitative estimate of drug-likeness (QED) is 0.643. The molecular formula is C20H23N7O3. The molecular weight excluding hydrogens is 386 g/mol. The number of aryl methyl sites for hydroxylation is 1. The number of aliphatic imine (C=N–C) groups is 1. The van der Waals surface area contributed by atoms with Crippen molar-refractivity contribution >= 4 is 23.0 Å². The lowest BCUT2D eigenvalue weighted by Crippen LogP contribution is -2.43. The molecule has 1 atom stereocenters. The van der Waals surface area contributed by atoms with E-state index in [9.17, 15) is 9.59 Å². The summed E-state index contributed by atoms with van der Waals surface area (Å²) in [7, 11) is 1.60. The SMILES string of the molecule is Cn1c(=O)n(CC2=NCc3ccccc3O2)c(=O)c2[nH]c(N3CCCC(N)C3)nc21. The van der Waals surface area contributed by atoms with Gasteiger partial charge in [-0.05, 0) is 18.9 Å². The highest BCUT2D eigenvalue weighted by Gasteiger charge is 2.23. The predicted octanol–water partition coefficient (Wildman–Crippen LogP) is 0.342. The van der Waals surface area contributed by atoms with Crippen LogP contribution in [0.25, 0.3) is 11.2 Å². The van der Waals surface area contributed by atoms with Gasteiger partial charge in [-0.2, -0.15) is 4.98 Å². The van der Waals surface area contributed by atoms with E-state index >= 15 is 0 Å². The number of fused-ring (bicyclic) bond motifs is 2. The van der Waals surface area contributed by atoms with E-state index in [4.69, 9.17) is 10.5 Å². The standard InChI is InChI=1S/C20H23N7O3/c1-25-17-16(23-19(24-17)26-8-4-6-13(21)10-26)18(28)27(20(25)29)11-15-22-9-12-5-2-3-7-14(12)30-15/h2-3,5,7,13H,4,6,8-11,21H2,1H3,(H,23,24). The average molecular weight is 409 g/mol. The number of para-hydroxylation sites is 1. The largest absolute Gasteiger partial charge is 0.441 e. The number of H-pyrrole nitrogens is 1. The van der Waals surface area contributed by atoms with Crippen molar-refractivity contribution in [2.75, 3.05) is 18.0 Å². The molecule has 1 fully saturated rings. The fraction of sp³-hybridized carbons (Fsp3) is 0.400. The number of benzene rings is 1. The summed E-state index contributed by atoms with van der Waals surface area (Å²) >= 11 is 0. The Labute approximate surface area is 171 Å². The zero-order valence-electron chi connectivity index (χ0n) is 16.7. The number of aromatic amines is 1. The van der Waals surface area contributed by atoms with Crippen LogP contribution in [0.2, 0.25) is 0 Å². The molecule has 2 aliphatic rings. The molecule has 5 rings (SSSR count). The third-order valence-electron chi connectivity index (χ3n) is 5.64. The topological polar surface area (TPSA) is 124 Å². The third-order valence-corrected chi connectivity index (χ3v) is 5.64. The summed E-state index contributed by atoms with van der Waals surface area (Å²) in [6, 6.07) is 7.64. The van der Waals surface area contributed by atoms with E-state index in [1.54, 1.807) is 7.05 Å². The van der Waals surface area contributed by atoms with Crippen molar-refractivity contribution in [1.82, 2.24) is 19.1 Å². The Morgan fingerprint density at radius 2 is 2.13 bits per heavy atom. The van der Waals surface area contributed by atoms with Gasteiger partial charge >= 0.3 is 5.69 Å².